The first-order valence-electron chi connectivity index (χ1n) is 11.8. The fraction of sp³-hybridized carbons (Fsp3) is 0.680. The van der Waals surface area contributed by atoms with Gasteiger partial charge in [-0.2, -0.15) is 0 Å². The molecule has 0 radical (unpaired) electrons. The maximum absolute atomic E-state index is 12.4. The molecule has 1 heterocycles. The second kappa shape index (κ2) is 8.81. The zero-order chi connectivity index (χ0) is 22.2. The normalized spacial score (nSPS) is 28.5. The monoisotopic (exact) mass is 428 g/mol. The van der Waals surface area contributed by atoms with E-state index in [0.29, 0.717) is 24.1 Å². The van der Waals surface area contributed by atoms with E-state index in [2.05, 4.69) is 27.9 Å². The molecule has 2 bridgehead atoms. The summed E-state index contributed by atoms with van der Waals surface area (Å²) in [7, 11) is 1.33. The van der Waals surface area contributed by atoms with Gasteiger partial charge in [-0.25, -0.2) is 4.79 Å². The highest BCUT2D eigenvalue weighted by Crippen LogP contribution is 2.52. The number of benzene rings is 1. The summed E-state index contributed by atoms with van der Waals surface area (Å²) in [6.45, 7) is 6.32. The highest BCUT2D eigenvalue weighted by Gasteiger charge is 2.51. The molecule has 6 heteroatoms. The number of nitrogens with zero attached hydrogens (tertiary/aromatic N) is 1. The average molecular weight is 429 g/mol. The Kier molecular flexibility index (Phi) is 6.29. The fourth-order valence-corrected chi connectivity index (χ4v) is 6.00. The summed E-state index contributed by atoms with van der Waals surface area (Å²) in [6, 6.07) is 5.78. The maximum atomic E-state index is 12.4. The summed E-state index contributed by atoms with van der Waals surface area (Å²) in [5.41, 5.74) is 2.63. The first kappa shape index (κ1) is 22.1. The Morgan fingerprint density at radius 3 is 2.84 bits per heavy atom. The molecular formula is C25H36N2O4. The molecule has 170 valence electrons. The zero-order valence-corrected chi connectivity index (χ0v) is 19.0. The minimum absolute atomic E-state index is 0.00864. The third kappa shape index (κ3) is 4.45. The molecular weight excluding hydrogens is 392 g/mol. The number of methoxy groups -OCH3 is 1. The number of esters is 1. The van der Waals surface area contributed by atoms with Gasteiger partial charge in [-0.3, -0.25) is 9.69 Å². The standard InChI is InChI=1S/C25H36N2O4/c1-16-22-13-19-8-9-20(28)14-21(19)25(16,11-12-27(22)15-18-6-7-18)10-4-5-23(29)26-17(2)24(30)31-3/h8-9,14,16-18,22,28H,4-7,10-13,15H2,1-3H3,(H,26,29). The van der Waals surface area contributed by atoms with Gasteiger partial charge in [0.25, 0.3) is 0 Å². The van der Waals surface area contributed by atoms with Gasteiger partial charge >= 0.3 is 5.97 Å². The van der Waals surface area contributed by atoms with E-state index in [1.165, 1.54) is 37.6 Å². The molecule has 1 saturated carbocycles. The van der Waals surface area contributed by atoms with E-state index >= 15 is 0 Å². The number of carbonyl (C=O) groups is 2. The van der Waals surface area contributed by atoms with Gasteiger partial charge in [0.15, 0.2) is 0 Å². The van der Waals surface area contributed by atoms with Crippen LogP contribution in [0.4, 0.5) is 0 Å². The van der Waals surface area contributed by atoms with Crippen LogP contribution in [-0.2, 0) is 26.2 Å². The molecule has 2 fully saturated rings. The van der Waals surface area contributed by atoms with Crippen LogP contribution in [0.1, 0.15) is 63.5 Å². The Morgan fingerprint density at radius 1 is 1.35 bits per heavy atom. The van der Waals surface area contributed by atoms with Crippen LogP contribution < -0.4 is 5.32 Å². The summed E-state index contributed by atoms with van der Waals surface area (Å²) >= 11 is 0. The number of rotatable bonds is 8. The van der Waals surface area contributed by atoms with Crippen molar-refractivity contribution >= 4 is 11.9 Å². The van der Waals surface area contributed by atoms with E-state index in [4.69, 9.17) is 0 Å². The minimum atomic E-state index is -0.628. The van der Waals surface area contributed by atoms with E-state index < -0.39 is 12.0 Å². The van der Waals surface area contributed by atoms with Crippen LogP contribution in [0.3, 0.4) is 0 Å². The molecule has 4 rings (SSSR count). The minimum Gasteiger partial charge on any atom is -0.508 e. The van der Waals surface area contributed by atoms with Gasteiger partial charge in [-0.05, 0) is 87.1 Å². The van der Waals surface area contributed by atoms with Crippen molar-refractivity contribution in [2.45, 2.75) is 76.3 Å². The van der Waals surface area contributed by atoms with Crippen LogP contribution in [-0.4, -0.2) is 54.2 Å². The zero-order valence-electron chi connectivity index (χ0n) is 19.0. The third-order valence-electron chi connectivity index (χ3n) is 7.97. The van der Waals surface area contributed by atoms with Crippen molar-refractivity contribution in [3.8, 4) is 5.75 Å². The lowest BCUT2D eigenvalue weighted by Gasteiger charge is -2.56. The van der Waals surface area contributed by atoms with Crippen LogP contribution in [0.5, 0.6) is 5.75 Å². The fourth-order valence-electron chi connectivity index (χ4n) is 6.00. The Morgan fingerprint density at radius 2 is 2.13 bits per heavy atom. The number of likely N-dealkylation sites (tertiary alicyclic amines) is 1. The lowest BCUT2D eigenvalue weighted by atomic mass is 9.56. The molecule has 0 spiro atoms. The Labute approximate surface area is 185 Å². The summed E-state index contributed by atoms with van der Waals surface area (Å²) in [4.78, 5) is 26.7. The number of carbonyl (C=O) groups excluding carboxylic acids is 2. The smallest absolute Gasteiger partial charge is 0.328 e. The largest absolute Gasteiger partial charge is 0.508 e. The Bertz CT molecular complexity index is 837. The van der Waals surface area contributed by atoms with E-state index in [0.717, 1.165) is 38.1 Å². The number of amides is 1. The topological polar surface area (TPSA) is 78.9 Å². The molecule has 2 aliphatic carbocycles. The molecule has 0 aromatic heterocycles. The van der Waals surface area contributed by atoms with E-state index in [1.54, 1.807) is 6.92 Å². The number of piperidine rings is 1. The highest BCUT2D eigenvalue weighted by atomic mass is 16.5. The number of hydrogen-bond acceptors (Lipinski definition) is 5. The van der Waals surface area contributed by atoms with E-state index in [9.17, 15) is 14.7 Å². The Balaban J connectivity index is 1.48. The number of phenolic OH excluding ortho intramolecular Hbond substituents is 1. The van der Waals surface area contributed by atoms with Crippen molar-refractivity contribution in [2.24, 2.45) is 11.8 Å². The number of ether oxygens (including phenoxy) is 1. The molecule has 4 atom stereocenters. The van der Waals surface area contributed by atoms with E-state index in [1.807, 2.05) is 12.1 Å². The first-order valence-corrected chi connectivity index (χ1v) is 11.8. The predicted molar refractivity (Wildman–Crippen MR) is 119 cm³/mol. The van der Waals surface area contributed by atoms with Crippen molar-refractivity contribution in [3.63, 3.8) is 0 Å². The van der Waals surface area contributed by atoms with E-state index in [-0.39, 0.29) is 11.3 Å². The lowest BCUT2D eigenvalue weighted by Crippen LogP contribution is -2.59. The predicted octanol–water partition coefficient (Wildman–Crippen LogP) is 3.15. The Hall–Kier alpha value is -2.08. The van der Waals surface area contributed by atoms with Crippen LogP contribution >= 0.6 is 0 Å². The van der Waals surface area contributed by atoms with Crippen molar-refractivity contribution in [1.82, 2.24) is 10.2 Å². The summed E-state index contributed by atoms with van der Waals surface area (Å²) < 4.78 is 4.69. The van der Waals surface area contributed by atoms with Gasteiger partial charge in [0.05, 0.1) is 7.11 Å². The quantitative estimate of drug-likeness (QED) is 0.622. The molecule has 6 nitrogen and oxygen atoms in total. The van der Waals surface area contributed by atoms with Crippen molar-refractivity contribution < 1.29 is 19.4 Å². The van der Waals surface area contributed by atoms with Crippen LogP contribution in [0.2, 0.25) is 0 Å². The first-order chi connectivity index (χ1) is 14.8. The van der Waals surface area contributed by atoms with Gasteiger partial charge < -0.3 is 15.2 Å². The molecule has 1 amide bonds. The molecule has 4 unspecified atom stereocenters. The van der Waals surface area contributed by atoms with Gasteiger partial charge in [0.1, 0.15) is 11.8 Å². The van der Waals surface area contributed by atoms with Gasteiger partial charge in [0.2, 0.25) is 5.91 Å². The number of hydrogen-bond donors (Lipinski definition) is 2. The molecule has 2 N–H and O–H groups in total. The summed E-state index contributed by atoms with van der Waals surface area (Å²) in [6.07, 6.45) is 6.91. The molecule has 1 aliphatic heterocycles. The average Bonchev–Trinajstić information content (AvgIpc) is 3.56. The van der Waals surface area contributed by atoms with Gasteiger partial charge in [-0.15, -0.1) is 0 Å². The van der Waals surface area contributed by atoms with Crippen LogP contribution in [0.15, 0.2) is 18.2 Å². The summed E-state index contributed by atoms with van der Waals surface area (Å²) in [5, 5.41) is 13.0. The lowest BCUT2D eigenvalue weighted by molar-refractivity contribution is -0.144. The second-order valence-electron chi connectivity index (χ2n) is 9.91. The van der Waals surface area contributed by atoms with Gasteiger partial charge in [0, 0.05) is 24.4 Å². The summed E-state index contributed by atoms with van der Waals surface area (Å²) in [5.74, 6) is 1.14. The number of aromatic hydroxyl groups is 1. The molecule has 3 aliphatic rings. The second-order valence-corrected chi connectivity index (χ2v) is 9.91. The van der Waals surface area contributed by atoms with Crippen molar-refractivity contribution in [2.75, 3.05) is 20.2 Å². The van der Waals surface area contributed by atoms with Crippen molar-refractivity contribution in [1.29, 1.82) is 0 Å². The third-order valence-corrected chi connectivity index (χ3v) is 7.97. The highest BCUT2D eigenvalue weighted by molar-refractivity contribution is 5.84. The number of nitrogens with one attached hydrogen (secondary N) is 1. The molecule has 1 aromatic rings. The number of phenols is 1. The molecule has 31 heavy (non-hydrogen) atoms. The SMILES string of the molecule is COC(=O)C(C)NC(=O)CCCC12CCN(CC3CC3)C(Cc3ccc(O)cc31)C2C. The van der Waals surface area contributed by atoms with Gasteiger partial charge in [-0.1, -0.05) is 13.0 Å². The molecule has 1 saturated heterocycles. The van der Waals surface area contributed by atoms with Crippen LogP contribution in [0, 0.1) is 11.8 Å². The number of fused-ring (bicyclic) bond motifs is 4. The molecule has 1 aromatic carbocycles. The van der Waals surface area contributed by atoms with Crippen LogP contribution in [0.25, 0.3) is 0 Å². The van der Waals surface area contributed by atoms with Crippen molar-refractivity contribution in [3.05, 3.63) is 29.3 Å². The maximum Gasteiger partial charge on any atom is 0.328 e.